The largest absolute Gasteiger partial charge is 0.494 e. The van der Waals surface area contributed by atoms with Crippen LogP contribution in [-0.2, 0) is 0 Å². The zero-order valence-electron chi connectivity index (χ0n) is 23.2. The van der Waals surface area contributed by atoms with Crippen molar-refractivity contribution in [2.24, 2.45) is 0 Å². The number of fused-ring (bicyclic) bond motifs is 1. The fraction of sp³-hybridized carbons (Fsp3) is 0.188. The Morgan fingerprint density at radius 3 is 2.62 bits per heavy atom. The molecule has 0 fully saturated rings. The summed E-state index contributed by atoms with van der Waals surface area (Å²) in [5.74, 6) is -0.150. The normalized spacial score (nSPS) is 12.8. The van der Waals surface area contributed by atoms with Crippen LogP contribution in [0.4, 0.5) is 10.1 Å². The highest BCUT2D eigenvalue weighted by molar-refractivity contribution is 5.94. The lowest BCUT2D eigenvalue weighted by Crippen LogP contribution is -2.14. The molecule has 0 saturated carbocycles. The summed E-state index contributed by atoms with van der Waals surface area (Å²) in [6.07, 6.45) is 5.24. The van der Waals surface area contributed by atoms with E-state index < -0.39 is 11.8 Å². The van der Waals surface area contributed by atoms with Crippen molar-refractivity contribution in [2.75, 3.05) is 12.4 Å². The van der Waals surface area contributed by atoms with E-state index in [0.717, 1.165) is 22.3 Å². The Bertz CT molecular complexity index is 1610. The number of hydrogen-bond donors (Lipinski definition) is 2. The number of nitrogens with zero attached hydrogens (tertiary/aromatic N) is 2. The number of hydrogen-bond acceptors (Lipinski definition) is 5. The minimum atomic E-state index is -1.00. The first-order valence-electron chi connectivity index (χ1n) is 13.0. The Morgan fingerprint density at radius 2 is 1.93 bits per heavy atom. The molecule has 1 atom stereocenters. The van der Waals surface area contributed by atoms with Crippen LogP contribution in [0.5, 0.6) is 11.5 Å². The molecule has 2 heterocycles. The van der Waals surface area contributed by atoms with Crippen LogP contribution in [0, 0.1) is 12.7 Å². The van der Waals surface area contributed by atoms with Gasteiger partial charge in [0.15, 0.2) is 11.6 Å². The molecule has 0 spiro atoms. The fourth-order valence-corrected chi connectivity index (χ4v) is 4.49. The van der Waals surface area contributed by atoms with Crippen molar-refractivity contribution in [3.05, 3.63) is 113 Å². The van der Waals surface area contributed by atoms with E-state index in [1.54, 1.807) is 53.5 Å². The van der Waals surface area contributed by atoms with Gasteiger partial charge in [0.2, 0.25) is 0 Å². The van der Waals surface area contributed by atoms with E-state index in [2.05, 4.69) is 17.0 Å². The Labute approximate surface area is 233 Å². The number of aromatic nitrogens is 2. The number of allylic oxidation sites excluding steroid dienone is 2. The number of carboxylic acids is 1. The molecule has 0 aliphatic carbocycles. The van der Waals surface area contributed by atoms with Crippen molar-refractivity contribution in [3.63, 3.8) is 0 Å². The molecule has 0 radical (unpaired) electrons. The molecule has 1 aliphatic heterocycles. The van der Waals surface area contributed by atoms with E-state index in [-0.39, 0.29) is 17.4 Å². The van der Waals surface area contributed by atoms with Crippen molar-refractivity contribution in [2.45, 2.75) is 33.7 Å². The van der Waals surface area contributed by atoms with E-state index in [1.807, 2.05) is 45.9 Å². The predicted molar refractivity (Wildman–Crippen MR) is 156 cm³/mol. The second-order valence-electron chi connectivity index (χ2n) is 9.08. The van der Waals surface area contributed by atoms with Crippen LogP contribution < -0.4 is 14.8 Å². The summed E-state index contributed by atoms with van der Waals surface area (Å²) in [4.78, 5) is 11.7. The number of methoxy groups -OCH3 is 1. The first-order chi connectivity index (χ1) is 19.2. The van der Waals surface area contributed by atoms with Crippen molar-refractivity contribution in [1.82, 2.24) is 9.78 Å². The van der Waals surface area contributed by atoms with Crippen molar-refractivity contribution < 1.29 is 23.8 Å². The summed E-state index contributed by atoms with van der Waals surface area (Å²) in [5.41, 5.74) is 5.44. The summed E-state index contributed by atoms with van der Waals surface area (Å²) in [5, 5.41) is 17.3. The highest BCUT2D eigenvalue weighted by Gasteiger charge is 2.25. The third-order valence-corrected chi connectivity index (χ3v) is 6.39. The molecule has 206 valence electrons. The maximum absolute atomic E-state index is 14.2. The number of aromatic carboxylic acids is 1. The van der Waals surface area contributed by atoms with Gasteiger partial charge in [-0.1, -0.05) is 38.6 Å². The van der Waals surface area contributed by atoms with Crippen LogP contribution >= 0.6 is 0 Å². The van der Waals surface area contributed by atoms with Crippen LogP contribution in [0.1, 0.15) is 59.4 Å². The molecule has 5 rings (SSSR count). The Morgan fingerprint density at radius 1 is 1.18 bits per heavy atom. The average Bonchev–Trinajstić information content (AvgIpc) is 3.45. The summed E-state index contributed by atoms with van der Waals surface area (Å²) < 4.78 is 27.2. The number of carbonyl (C=O) groups is 1. The van der Waals surface area contributed by atoms with Gasteiger partial charge in [-0.2, -0.15) is 5.10 Å². The summed E-state index contributed by atoms with van der Waals surface area (Å²) >= 11 is 0. The molecule has 0 amide bonds. The number of rotatable bonds is 7. The number of nitrogens with one attached hydrogen (secondary N) is 1. The standard InChI is InChI=1S/C30H26FN3O4.C2H6/c1-17-11-23-18(2)13-28(20-15-32-34(16-20)21-9-10-27(37-4)25(31)14-21)38-29(23)24(12-17)19(3)33-26-8-6-5-7-22(26)30(35)36;1-2/h5-16,19,33H,2H2,1,3-4H3,(H,35,36);1-2H3. The van der Waals surface area contributed by atoms with Crippen molar-refractivity contribution in [1.29, 1.82) is 0 Å². The quantitative estimate of drug-likeness (QED) is 0.250. The van der Waals surface area contributed by atoms with Crippen LogP contribution in [0.3, 0.4) is 0 Å². The van der Waals surface area contributed by atoms with E-state index in [0.29, 0.717) is 28.4 Å². The number of carboxylic acid groups (broad SMARTS) is 1. The van der Waals surface area contributed by atoms with Crippen LogP contribution in [0.2, 0.25) is 0 Å². The number of anilines is 1. The van der Waals surface area contributed by atoms with E-state index in [9.17, 15) is 14.3 Å². The van der Waals surface area contributed by atoms with Gasteiger partial charge in [-0.25, -0.2) is 13.9 Å². The minimum absolute atomic E-state index is 0.156. The summed E-state index contributed by atoms with van der Waals surface area (Å²) in [6, 6.07) is 15.1. The number of benzene rings is 3. The van der Waals surface area contributed by atoms with Gasteiger partial charge in [-0.3, -0.25) is 0 Å². The molecule has 1 aromatic heterocycles. The van der Waals surface area contributed by atoms with Gasteiger partial charge in [0.05, 0.1) is 36.2 Å². The van der Waals surface area contributed by atoms with E-state index >= 15 is 0 Å². The van der Waals surface area contributed by atoms with E-state index in [1.165, 1.54) is 13.2 Å². The van der Waals surface area contributed by atoms with Crippen LogP contribution in [-0.4, -0.2) is 28.0 Å². The molecule has 40 heavy (non-hydrogen) atoms. The van der Waals surface area contributed by atoms with Gasteiger partial charge in [0.25, 0.3) is 0 Å². The molecular weight excluding hydrogens is 509 g/mol. The van der Waals surface area contributed by atoms with Crippen LogP contribution in [0.25, 0.3) is 17.0 Å². The summed E-state index contributed by atoms with van der Waals surface area (Å²) in [7, 11) is 1.42. The van der Waals surface area contributed by atoms with E-state index in [4.69, 9.17) is 9.47 Å². The third kappa shape index (κ3) is 5.61. The maximum atomic E-state index is 14.2. The Kier molecular flexibility index (Phi) is 8.38. The molecule has 8 heteroatoms. The highest BCUT2D eigenvalue weighted by atomic mass is 19.1. The highest BCUT2D eigenvalue weighted by Crippen LogP contribution is 2.42. The molecule has 1 unspecified atom stereocenters. The van der Waals surface area contributed by atoms with Gasteiger partial charge < -0.3 is 19.9 Å². The molecular formula is C32H32FN3O4. The topological polar surface area (TPSA) is 85.6 Å². The Hall–Kier alpha value is -4.85. The number of para-hydroxylation sites is 1. The first kappa shape index (κ1) is 28.2. The Balaban J connectivity index is 0.00000181. The predicted octanol–water partition coefficient (Wildman–Crippen LogP) is 7.67. The van der Waals surface area contributed by atoms with Crippen LogP contribution in [0.15, 0.2) is 79.6 Å². The summed E-state index contributed by atoms with van der Waals surface area (Å²) in [6.45, 7) is 12.2. The lowest BCUT2D eigenvalue weighted by atomic mass is 9.93. The molecule has 3 aromatic carbocycles. The second-order valence-corrected chi connectivity index (χ2v) is 9.08. The first-order valence-corrected chi connectivity index (χ1v) is 13.0. The third-order valence-electron chi connectivity index (χ3n) is 6.39. The fourth-order valence-electron chi connectivity index (χ4n) is 4.49. The van der Waals surface area contributed by atoms with Crippen molar-refractivity contribution in [3.8, 4) is 17.2 Å². The molecule has 0 saturated heterocycles. The molecule has 0 bridgehead atoms. The average molecular weight is 542 g/mol. The molecule has 1 aliphatic rings. The van der Waals surface area contributed by atoms with Gasteiger partial charge >= 0.3 is 5.97 Å². The smallest absolute Gasteiger partial charge is 0.337 e. The van der Waals surface area contributed by atoms with Gasteiger partial charge in [0, 0.05) is 29.1 Å². The molecule has 2 N–H and O–H groups in total. The second kappa shape index (κ2) is 11.9. The maximum Gasteiger partial charge on any atom is 0.337 e. The SMILES string of the molecule is C=C1C=C(c2cnn(-c3ccc(OC)c(F)c3)c2)Oc2c1cc(C)cc2C(C)Nc1ccccc1C(=O)O.CC. The van der Waals surface area contributed by atoms with Gasteiger partial charge in [-0.05, 0) is 61.4 Å². The molecule has 7 nitrogen and oxygen atoms in total. The zero-order valence-corrected chi connectivity index (χ0v) is 23.2. The molecule has 4 aromatic rings. The lowest BCUT2D eigenvalue weighted by molar-refractivity contribution is 0.0698. The van der Waals surface area contributed by atoms with Gasteiger partial charge in [0.1, 0.15) is 11.5 Å². The lowest BCUT2D eigenvalue weighted by Gasteiger charge is -2.26. The number of aryl methyl sites for hydroxylation is 1. The number of halogens is 1. The minimum Gasteiger partial charge on any atom is -0.494 e. The number of ether oxygens (including phenoxy) is 2. The monoisotopic (exact) mass is 541 g/mol. The van der Waals surface area contributed by atoms with Crippen molar-refractivity contribution >= 4 is 23.0 Å². The van der Waals surface area contributed by atoms with Gasteiger partial charge in [-0.15, -0.1) is 0 Å². The zero-order chi connectivity index (χ0) is 29.0.